The molecule has 2 N–H and O–H groups in total. The second kappa shape index (κ2) is 3.67. The maximum absolute atomic E-state index is 5.47. The molecule has 0 saturated heterocycles. The third-order valence-electron chi connectivity index (χ3n) is 2.13. The SMILES string of the molecule is COc1ccc2onc(CCN)c2c1. The van der Waals surface area contributed by atoms with Gasteiger partial charge in [0.1, 0.15) is 5.75 Å². The number of hydrogen-bond acceptors (Lipinski definition) is 4. The maximum atomic E-state index is 5.47. The molecule has 0 fully saturated rings. The van der Waals surface area contributed by atoms with Crippen molar-refractivity contribution >= 4 is 11.0 Å². The van der Waals surface area contributed by atoms with E-state index >= 15 is 0 Å². The zero-order chi connectivity index (χ0) is 9.97. The Bertz CT molecular complexity index is 437. The fourth-order valence-electron chi connectivity index (χ4n) is 1.41. The first-order valence-electron chi connectivity index (χ1n) is 4.47. The second-order valence-electron chi connectivity index (χ2n) is 3.03. The van der Waals surface area contributed by atoms with Crippen LogP contribution >= 0.6 is 0 Å². The van der Waals surface area contributed by atoms with Crippen LogP contribution in [0, 0.1) is 0 Å². The van der Waals surface area contributed by atoms with Crippen molar-refractivity contribution in [2.24, 2.45) is 5.73 Å². The maximum Gasteiger partial charge on any atom is 0.167 e. The Morgan fingerprint density at radius 2 is 2.36 bits per heavy atom. The predicted octanol–water partition coefficient (Wildman–Crippen LogP) is 1.34. The van der Waals surface area contributed by atoms with Crippen LogP contribution in [-0.4, -0.2) is 18.8 Å². The third kappa shape index (κ3) is 1.44. The summed E-state index contributed by atoms with van der Waals surface area (Å²) in [4.78, 5) is 0. The molecule has 0 amide bonds. The van der Waals surface area contributed by atoms with Crippen LogP contribution in [0.25, 0.3) is 11.0 Å². The molecule has 14 heavy (non-hydrogen) atoms. The number of rotatable bonds is 3. The van der Waals surface area contributed by atoms with E-state index in [0.717, 1.165) is 28.8 Å². The lowest BCUT2D eigenvalue weighted by molar-refractivity contribution is 0.415. The molecule has 4 heteroatoms. The zero-order valence-electron chi connectivity index (χ0n) is 7.99. The highest BCUT2D eigenvalue weighted by atomic mass is 16.5. The van der Waals surface area contributed by atoms with Crippen LogP contribution in [0.4, 0.5) is 0 Å². The molecule has 2 rings (SSSR count). The quantitative estimate of drug-likeness (QED) is 0.797. The molecule has 0 unspecified atom stereocenters. The van der Waals surface area contributed by atoms with Crippen molar-refractivity contribution in [3.05, 3.63) is 23.9 Å². The number of nitrogens with two attached hydrogens (primary N) is 1. The molecular formula is C10H12N2O2. The number of hydrogen-bond donors (Lipinski definition) is 1. The van der Waals surface area contributed by atoms with E-state index in [1.165, 1.54) is 0 Å². The van der Waals surface area contributed by atoms with Gasteiger partial charge in [-0.15, -0.1) is 0 Å². The van der Waals surface area contributed by atoms with Crippen LogP contribution in [-0.2, 0) is 6.42 Å². The number of nitrogens with zero attached hydrogens (tertiary/aromatic N) is 1. The van der Waals surface area contributed by atoms with Crippen LogP contribution in [0.1, 0.15) is 5.69 Å². The van der Waals surface area contributed by atoms with Gasteiger partial charge in [0.25, 0.3) is 0 Å². The topological polar surface area (TPSA) is 61.3 Å². The summed E-state index contributed by atoms with van der Waals surface area (Å²) >= 11 is 0. The molecule has 0 aliphatic carbocycles. The van der Waals surface area contributed by atoms with Crippen LogP contribution in [0.3, 0.4) is 0 Å². The lowest BCUT2D eigenvalue weighted by atomic mass is 10.1. The average Bonchev–Trinajstić information content (AvgIpc) is 2.61. The normalized spacial score (nSPS) is 10.7. The number of aromatic nitrogens is 1. The van der Waals surface area contributed by atoms with E-state index < -0.39 is 0 Å². The Kier molecular flexibility index (Phi) is 2.37. The van der Waals surface area contributed by atoms with Crippen molar-refractivity contribution in [2.45, 2.75) is 6.42 Å². The summed E-state index contributed by atoms with van der Waals surface area (Å²) in [7, 11) is 1.64. The fourth-order valence-corrected chi connectivity index (χ4v) is 1.41. The van der Waals surface area contributed by atoms with Gasteiger partial charge in [0.2, 0.25) is 0 Å². The van der Waals surface area contributed by atoms with E-state index in [1.807, 2.05) is 18.2 Å². The molecule has 1 aromatic heterocycles. The van der Waals surface area contributed by atoms with Gasteiger partial charge >= 0.3 is 0 Å². The second-order valence-corrected chi connectivity index (χ2v) is 3.03. The predicted molar refractivity (Wildman–Crippen MR) is 53.3 cm³/mol. The van der Waals surface area contributed by atoms with Gasteiger partial charge in [-0.25, -0.2) is 0 Å². The van der Waals surface area contributed by atoms with Crippen LogP contribution in [0.2, 0.25) is 0 Å². The molecule has 1 aromatic carbocycles. The molecule has 2 aromatic rings. The zero-order valence-corrected chi connectivity index (χ0v) is 7.99. The number of benzene rings is 1. The minimum absolute atomic E-state index is 0.568. The monoisotopic (exact) mass is 192 g/mol. The minimum Gasteiger partial charge on any atom is -0.497 e. The van der Waals surface area contributed by atoms with Crippen molar-refractivity contribution in [3.63, 3.8) is 0 Å². The molecule has 4 nitrogen and oxygen atoms in total. The molecule has 0 bridgehead atoms. The van der Waals surface area contributed by atoms with E-state index in [1.54, 1.807) is 7.11 Å². The van der Waals surface area contributed by atoms with Crippen molar-refractivity contribution in [2.75, 3.05) is 13.7 Å². The first kappa shape index (κ1) is 9.02. The van der Waals surface area contributed by atoms with Gasteiger partial charge in [-0.1, -0.05) is 5.16 Å². The first-order chi connectivity index (χ1) is 6.85. The average molecular weight is 192 g/mol. The van der Waals surface area contributed by atoms with E-state index in [9.17, 15) is 0 Å². The number of ether oxygens (including phenoxy) is 1. The number of methoxy groups -OCH3 is 1. The van der Waals surface area contributed by atoms with Gasteiger partial charge in [-0.3, -0.25) is 0 Å². The van der Waals surface area contributed by atoms with Crippen molar-refractivity contribution in [1.29, 1.82) is 0 Å². The molecule has 0 aliphatic rings. The lowest BCUT2D eigenvalue weighted by Crippen LogP contribution is -2.02. The summed E-state index contributed by atoms with van der Waals surface area (Å²) in [5.41, 5.74) is 7.13. The van der Waals surface area contributed by atoms with E-state index in [-0.39, 0.29) is 0 Å². The van der Waals surface area contributed by atoms with Gasteiger partial charge in [-0.2, -0.15) is 0 Å². The molecule has 74 valence electrons. The molecule has 1 heterocycles. The highest BCUT2D eigenvalue weighted by molar-refractivity contribution is 5.81. The Morgan fingerprint density at radius 1 is 1.50 bits per heavy atom. The molecule has 0 radical (unpaired) electrons. The van der Waals surface area contributed by atoms with Gasteiger partial charge in [-0.05, 0) is 24.7 Å². The summed E-state index contributed by atoms with van der Waals surface area (Å²) < 4.78 is 10.3. The highest BCUT2D eigenvalue weighted by Gasteiger charge is 2.07. The van der Waals surface area contributed by atoms with Crippen molar-refractivity contribution in [3.8, 4) is 5.75 Å². The summed E-state index contributed by atoms with van der Waals surface area (Å²) in [6.07, 6.45) is 0.722. The van der Waals surface area contributed by atoms with Gasteiger partial charge < -0.3 is 15.0 Å². The largest absolute Gasteiger partial charge is 0.497 e. The Balaban J connectivity index is 2.52. The van der Waals surface area contributed by atoms with E-state index in [4.69, 9.17) is 15.0 Å². The van der Waals surface area contributed by atoms with Gasteiger partial charge in [0.15, 0.2) is 5.58 Å². The van der Waals surface area contributed by atoms with Crippen molar-refractivity contribution < 1.29 is 9.26 Å². The molecule has 0 saturated carbocycles. The van der Waals surface area contributed by atoms with Crippen LogP contribution in [0.15, 0.2) is 22.7 Å². The minimum atomic E-state index is 0.568. The molecule has 0 spiro atoms. The first-order valence-corrected chi connectivity index (χ1v) is 4.47. The molecule has 0 aliphatic heterocycles. The van der Waals surface area contributed by atoms with Crippen molar-refractivity contribution in [1.82, 2.24) is 5.16 Å². The fraction of sp³-hybridized carbons (Fsp3) is 0.300. The standard InChI is InChI=1S/C10H12N2O2/c1-13-7-2-3-10-8(6-7)9(4-5-11)12-14-10/h2-3,6H,4-5,11H2,1H3. The summed E-state index contributed by atoms with van der Waals surface area (Å²) in [5.74, 6) is 0.805. The molecular weight excluding hydrogens is 180 g/mol. The van der Waals surface area contributed by atoms with Crippen LogP contribution in [0.5, 0.6) is 5.75 Å². The Hall–Kier alpha value is -1.55. The Morgan fingerprint density at radius 3 is 3.07 bits per heavy atom. The highest BCUT2D eigenvalue weighted by Crippen LogP contribution is 2.23. The van der Waals surface area contributed by atoms with E-state index in [2.05, 4.69) is 5.16 Å². The lowest BCUT2D eigenvalue weighted by Gasteiger charge is -1.98. The summed E-state index contributed by atoms with van der Waals surface area (Å²) in [6, 6.07) is 5.61. The Labute approximate surface area is 81.6 Å². The van der Waals surface area contributed by atoms with E-state index in [0.29, 0.717) is 6.54 Å². The smallest absolute Gasteiger partial charge is 0.167 e. The van der Waals surface area contributed by atoms with Crippen LogP contribution < -0.4 is 10.5 Å². The third-order valence-corrected chi connectivity index (χ3v) is 2.13. The summed E-state index contributed by atoms with van der Waals surface area (Å²) in [5, 5.41) is 4.93. The summed E-state index contributed by atoms with van der Waals surface area (Å²) in [6.45, 7) is 0.568. The molecule has 0 atom stereocenters. The van der Waals surface area contributed by atoms with Gasteiger partial charge in [0, 0.05) is 11.8 Å². The number of fused-ring (bicyclic) bond motifs is 1. The van der Waals surface area contributed by atoms with Gasteiger partial charge in [0.05, 0.1) is 12.8 Å².